The summed E-state index contributed by atoms with van der Waals surface area (Å²) in [4.78, 5) is 7.11. The first kappa shape index (κ1) is 19.2. The van der Waals surface area contributed by atoms with Crippen LogP contribution in [0.25, 0.3) is 33.6 Å². The maximum atomic E-state index is 5.88. The van der Waals surface area contributed by atoms with E-state index in [0.29, 0.717) is 5.88 Å². The van der Waals surface area contributed by atoms with Gasteiger partial charge >= 0.3 is 0 Å². The average Bonchev–Trinajstić information content (AvgIpc) is 2.80. The molecule has 0 spiro atoms. The van der Waals surface area contributed by atoms with Crippen LogP contribution in [-0.2, 0) is 0 Å². The molecular weight excluding hydrogens is 376 g/mol. The van der Waals surface area contributed by atoms with E-state index in [4.69, 9.17) is 16.6 Å². The van der Waals surface area contributed by atoms with Crippen molar-refractivity contribution >= 4 is 17.3 Å². The molecule has 0 saturated carbocycles. The highest BCUT2D eigenvalue weighted by Crippen LogP contribution is 2.31. The van der Waals surface area contributed by atoms with Crippen molar-refractivity contribution in [1.82, 2.24) is 4.98 Å². The maximum absolute atomic E-state index is 5.88. The molecule has 0 N–H and O–H groups in total. The van der Waals surface area contributed by atoms with Crippen molar-refractivity contribution in [3.63, 3.8) is 0 Å². The van der Waals surface area contributed by atoms with Crippen molar-refractivity contribution in [3.8, 4) is 33.6 Å². The highest BCUT2D eigenvalue weighted by Gasteiger charge is 2.09. The van der Waals surface area contributed by atoms with E-state index in [2.05, 4.69) is 72.6 Å². The third-order valence-electron chi connectivity index (χ3n) is 5.03. The molecule has 3 heteroatoms. The van der Waals surface area contributed by atoms with Gasteiger partial charge in [0.25, 0.3) is 0 Å². The van der Waals surface area contributed by atoms with Crippen LogP contribution in [0.15, 0.2) is 97.1 Å². The summed E-state index contributed by atoms with van der Waals surface area (Å²) in [5, 5.41) is 0. The lowest BCUT2D eigenvalue weighted by molar-refractivity contribution is 0.974. The molecule has 29 heavy (non-hydrogen) atoms. The van der Waals surface area contributed by atoms with E-state index >= 15 is 0 Å². The molecule has 0 aliphatic heterocycles. The predicted octanol–water partition coefficient (Wildman–Crippen LogP) is 6.76. The molecule has 0 saturated heterocycles. The smallest absolute Gasteiger partial charge is 0.0715 e. The second kappa shape index (κ2) is 8.93. The number of alkyl halides is 1. The van der Waals surface area contributed by atoms with Gasteiger partial charge in [-0.2, -0.15) is 0 Å². The first-order valence-electron chi connectivity index (χ1n) is 9.75. The maximum Gasteiger partial charge on any atom is 0.0715 e. The Morgan fingerprint density at radius 3 is 1.66 bits per heavy atom. The van der Waals surface area contributed by atoms with Crippen molar-refractivity contribution in [1.29, 1.82) is 0 Å². The van der Waals surface area contributed by atoms with Crippen molar-refractivity contribution in [3.05, 3.63) is 97.1 Å². The van der Waals surface area contributed by atoms with Crippen LogP contribution in [0.4, 0.5) is 5.69 Å². The molecule has 0 bridgehead atoms. The largest absolute Gasteiger partial charge is 0.373 e. The Balaban J connectivity index is 1.78. The van der Waals surface area contributed by atoms with Crippen LogP contribution in [0.1, 0.15) is 0 Å². The van der Waals surface area contributed by atoms with E-state index in [1.165, 1.54) is 5.56 Å². The fraction of sp³-hybridized carbons (Fsp3) is 0.115. The lowest BCUT2D eigenvalue weighted by Gasteiger charge is -2.18. The van der Waals surface area contributed by atoms with E-state index in [1.54, 1.807) is 0 Å². The average molecular weight is 399 g/mol. The van der Waals surface area contributed by atoms with Gasteiger partial charge in [0, 0.05) is 36.3 Å². The number of nitrogens with zero attached hydrogens (tertiary/aromatic N) is 2. The van der Waals surface area contributed by atoms with E-state index < -0.39 is 0 Å². The SMILES string of the molecule is CN(CCCl)c1ccc(-c2cc(-c3ccccc3)nc(-c3ccccc3)c2)cc1. The number of anilines is 1. The molecule has 4 rings (SSSR count). The highest BCUT2D eigenvalue weighted by atomic mass is 35.5. The van der Waals surface area contributed by atoms with Crippen LogP contribution in [0.2, 0.25) is 0 Å². The molecule has 0 radical (unpaired) electrons. The van der Waals surface area contributed by atoms with Gasteiger partial charge in [-0.15, -0.1) is 11.6 Å². The van der Waals surface area contributed by atoms with Gasteiger partial charge in [0.1, 0.15) is 0 Å². The van der Waals surface area contributed by atoms with Crippen LogP contribution in [0, 0.1) is 0 Å². The molecule has 0 atom stereocenters. The highest BCUT2D eigenvalue weighted by molar-refractivity contribution is 6.18. The number of benzene rings is 3. The molecule has 0 amide bonds. The van der Waals surface area contributed by atoms with Gasteiger partial charge in [-0.05, 0) is 35.4 Å². The normalized spacial score (nSPS) is 10.7. The molecule has 0 unspecified atom stereocenters. The quantitative estimate of drug-likeness (QED) is 0.333. The molecule has 1 aromatic heterocycles. The number of hydrogen-bond donors (Lipinski definition) is 0. The van der Waals surface area contributed by atoms with Gasteiger partial charge in [0.05, 0.1) is 11.4 Å². The van der Waals surface area contributed by atoms with E-state index in [-0.39, 0.29) is 0 Å². The minimum Gasteiger partial charge on any atom is -0.373 e. The molecule has 0 aliphatic rings. The molecule has 2 nitrogen and oxygen atoms in total. The zero-order valence-corrected chi connectivity index (χ0v) is 17.2. The fourth-order valence-corrected chi connectivity index (χ4v) is 3.63. The Bertz CT molecular complexity index is 1000. The van der Waals surface area contributed by atoms with Crippen molar-refractivity contribution in [2.45, 2.75) is 0 Å². The summed E-state index contributed by atoms with van der Waals surface area (Å²) in [5.74, 6) is 0.615. The molecule has 1 heterocycles. The first-order valence-corrected chi connectivity index (χ1v) is 10.3. The second-order valence-corrected chi connectivity index (χ2v) is 7.39. The first-order chi connectivity index (χ1) is 14.2. The fourth-order valence-electron chi connectivity index (χ4n) is 3.38. The third kappa shape index (κ3) is 4.49. The van der Waals surface area contributed by atoms with Crippen molar-refractivity contribution < 1.29 is 0 Å². The minimum absolute atomic E-state index is 0.615. The van der Waals surface area contributed by atoms with Crippen LogP contribution in [-0.4, -0.2) is 24.5 Å². The molecule has 0 fully saturated rings. The number of rotatable bonds is 6. The summed E-state index contributed by atoms with van der Waals surface area (Å²) in [7, 11) is 2.06. The van der Waals surface area contributed by atoms with Gasteiger partial charge in [-0.1, -0.05) is 72.8 Å². The number of hydrogen-bond acceptors (Lipinski definition) is 2. The minimum atomic E-state index is 0.615. The van der Waals surface area contributed by atoms with E-state index in [9.17, 15) is 0 Å². The van der Waals surface area contributed by atoms with Crippen molar-refractivity contribution in [2.75, 3.05) is 24.4 Å². The molecule has 4 aromatic rings. The Morgan fingerprint density at radius 2 is 1.17 bits per heavy atom. The van der Waals surface area contributed by atoms with E-state index in [1.807, 2.05) is 36.4 Å². The Morgan fingerprint density at radius 1 is 0.655 bits per heavy atom. The number of aromatic nitrogens is 1. The van der Waals surface area contributed by atoms with Crippen LogP contribution in [0.5, 0.6) is 0 Å². The molecular formula is C26H23ClN2. The van der Waals surface area contributed by atoms with E-state index in [0.717, 1.165) is 40.3 Å². The monoisotopic (exact) mass is 398 g/mol. The zero-order valence-electron chi connectivity index (χ0n) is 16.4. The molecule has 3 aromatic carbocycles. The Hall–Kier alpha value is -3.10. The summed E-state index contributed by atoms with van der Waals surface area (Å²) in [6.07, 6.45) is 0. The lowest BCUT2D eigenvalue weighted by Crippen LogP contribution is -2.19. The second-order valence-electron chi connectivity index (χ2n) is 7.02. The van der Waals surface area contributed by atoms with Gasteiger partial charge in [-0.25, -0.2) is 4.98 Å². The predicted molar refractivity (Wildman–Crippen MR) is 125 cm³/mol. The number of pyridine rings is 1. The topological polar surface area (TPSA) is 16.1 Å². The summed E-state index contributed by atoms with van der Waals surface area (Å²) < 4.78 is 0. The zero-order chi connectivity index (χ0) is 20.1. The van der Waals surface area contributed by atoms with Crippen LogP contribution >= 0.6 is 11.6 Å². The summed E-state index contributed by atoms with van der Waals surface area (Å²) in [6.45, 7) is 0.826. The lowest BCUT2D eigenvalue weighted by atomic mass is 10.00. The standard InChI is InChI=1S/C26H23ClN2/c1-29(17-16-27)24-14-12-20(13-15-24)23-18-25(21-8-4-2-5-9-21)28-26(19-23)22-10-6-3-7-11-22/h2-15,18-19H,16-17H2,1H3. The van der Waals surface area contributed by atoms with Crippen molar-refractivity contribution in [2.24, 2.45) is 0 Å². The third-order valence-corrected chi connectivity index (χ3v) is 5.19. The number of halogens is 1. The Labute approximate surface area is 177 Å². The van der Waals surface area contributed by atoms with Crippen LogP contribution in [0.3, 0.4) is 0 Å². The van der Waals surface area contributed by atoms with Gasteiger partial charge in [0.2, 0.25) is 0 Å². The summed E-state index contributed by atoms with van der Waals surface area (Å²) in [5.41, 5.74) is 7.68. The summed E-state index contributed by atoms with van der Waals surface area (Å²) >= 11 is 5.88. The van der Waals surface area contributed by atoms with Crippen LogP contribution < -0.4 is 4.90 Å². The van der Waals surface area contributed by atoms with Gasteiger partial charge in [-0.3, -0.25) is 0 Å². The summed E-state index contributed by atoms with van der Waals surface area (Å²) in [6, 6.07) is 33.6. The van der Waals surface area contributed by atoms with Gasteiger partial charge in [0.15, 0.2) is 0 Å². The van der Waals surface area contributed by atoms with Gasteiger partial charge < -0.3 is 4.90 Å². The molecule has 144 valence electrons. The Kier molecular flexibility index (Phi) is 5.92. The molecule has 0 aliphatic carbocycles.